The summed E-state index contributed by atoms with van der Waals surface area (Å²) in [7, 11) is 0. The molecule has 5 nitrogen and oxygen atoms in total. The number of aryl methyl sites for hydroxylation is 1. The van der Waals surface area contributed by atoms with Crippen molar-refractivity contribution in [1.29, 1.82) is 0 Å². The number of aliphatic imine (C=N–C) groups is 1. The van der Waals surface area contributed by atoms with Crippen LogP contribution in [0.2, 0.25) is 0 Å². The second kappa shape index (κ2) is 6.97. The monoisotopic (exact) mass is 341 g/mol. The molecule has 1 unspecified atom stereocenters. The zero-order valence-electron chi connectivity index (χ0n) is 13.9. The molecule has 0 bridgehead atoms. The molecule has 0 fully saturated rings. The summed E-state index contributed by atoms with van der Waals surface area (Å²) in [5.41, 5.74) is 5.95. The van der Waals surface area contributed by atoms with Crippen molar-refractivity contribution in [3.63, 3.8) is 0 Å². The molecule has 0 radical (unpaired) electrons. The van der Waals surface area contributed by atoms with Crippen LogP contribution in [-0.4, -0.2) is 23.4 Å². The molecule has 1 atom stereocenters. The minimum absolute atomic E-state index is 0.332. The Bertz CT molecular complexity index is 792. The fraction of sp³-hybridized carbons (Fsp3) is 0.278. The molecule has 24 heavy (non-hydrogen) atoms. The molecule has 0 aliphatic carbocycles. The molecule has 124 valence electrons. The van der Waals surface area contributed by atoms with E-state index in [0.29, 0.717) is 18.0 Å². The molecule has 2 aromatic rings. The van der Waals surface area contributed by atoms with Crippen LogP contribution in [0, 0.1) is 6.92 Å². The lowest BCUT2D eigenvalue weighted by molar-refractivity contribution is -0.138. The minimum atomic E-state index is -0.400. The zero-order valence-corrected chi connectivity index (χ0v) is 14.7. The molecule has 3 rings (SSSR count). The van der Waals surface area contributed by atoms with Crippen molar-refractivity contribution in [2.24, 2.45) is 4.99 Å². The summed E-state index contributed by atoms with van der Waals surface area (Å²) in [6, 6.07) is 7.64. The van der Waals surface area contributed by atoms with Gasteiger partial charge in [0.25, 0.3) is 0 Å². The Balaban J connectivity index is 2.06. The molecule has 6 heteroatoms. The highest BCUT2D eigenvalue weighted by Gasteiger charge is 2.30. The van der Waals surface area contributed by atoms with Gasteiger partial charge in [-0.15, -0.1) is 11.3 Å². The quantitative estimate of drug-likeness (QED) is 0.866. The van der Waals surface area contributed by atoms with Gasteiger partial charge < -0.3 is 10.1 Å². The van der Waals surface area contributed by atoms with Gasteiger partial charge in [0.2, 0.25) is 0 Å². The van der Waals surface area contributed by atoms with Crippen LogP contribution >= 0.6 is 11.3 Å². The van der Waals surface area contributed by atoms with Crippen LogP contribution in [0.5, 0.6) is 0 Å². The van der Waals surface area contributed by atoms with Gasteiger partial charge in [-0.05, 0) is 26.3 Å². The molecule has 1 aliphatic heterocycles. The van der Waals surface area contributed by atoms with Gasteiger partial charge in [0.15, 0.2) is 5.84 Å². The van der Waals surface area contributed by atoms with Crippen molar-refractivity contribution in [2.75, 3.05) is 6.61 Å². The van der Waals surface area contributed by atoms with E-state index in [1.165, 1.54) is 11.3 Å². The second-order valence-corrected chi connectivity index (χ2v) is 6.27. The first-order chi connectivity index (χ1) is 11.6. The maximum atomic E-state index is 12.4. The normalized spacial score (nSPS) is 17.3. The van der Waals surface area contributed by atoms with Crippen LogP contribution in [0.3, 0.4) is 0 Å². The Morgan fingerprint density at radius 1 is 1.29 bits per heavy atom. The van der Waals surface area contributed by atoms with E-state index in [4.69, 9.17) is 9.73 Å². The van der Waals surface area contributed by atoms with E-state index < -0.39 is 6.04 Å². The van der Waals surface area contributed by atoms with E-state index in [0.717, 1.165) is 22.5 Å². The molecule has 1 aromatic heterocycles. The van der Waals surface area contributed by atoms with Gasteiger partial charge in [-0.1, -0.05) is 29.8 Å². The van der Waals surface area contributed by atoms with Gasteiger partial charge in [0.1, 0.15) is 11.7 Å². The maximum absolute atomic E-state index is 12.4. The predicted molar refractivity (Wildman–Crippen MR) is 95.0 cm³/mol. The average Bonchev–Trinajstić information content (AvgIpc) is 3.09. The summed E-state index contributed by atoms with van der Waals surface area (Å²) in [4.78, 5) is 21.5. The summed E-state index contributed by atoms with van der Waals surface area (Å²) in [5.74, 6) is 0.335. The number of carbonyl (C=O) groups excluding carboxylic acids is 1. The summed E-state index contributed by atoms with van der Waals surface area (Å²) in [6.45, 7) is 6.03. The number of aromatic nitrogens is 1. The zero-order chi connectivity index (χ0) is 17.1. The Kier molecular flexibility index (Phi) is 4.76. The highest BCUT2D eigenvalue weighted by molar-refractivity contribution is 7.07. The number of hydrogen-bond acceptors (Lipinski definition) is 6. The lowest BCUT2D eigenvalue weighted by atomic mass is 9.95. The van der Waals surface area contributed by atoms with Crippen molar-refractivity contribution in [1.82, 2.24) is 10.3 Å². The van der Waals surface area contributed by atoms with Crippen LogP contribution in [0.1, 0.15) is 36.7 Å². The van der Waals surface area contributed by atoms with Gasteiger partial charge in [-0.25, -0.2) is 9.78 Å². The molecule has 0 amide bonds. The molecule has 1 N–H and O–H groups in total. The van der Waals surface area contributed by atoms with E-state index in [-0.39, 0.29) is 5.97 Å². The molecule has 2 heterocycles. The molecular formula is C18H19N3O2S. The number of amidine groups is 1. The van der Waals surface area contributed by atoms with Gasteiger partial charge >= 0.3 is 5.97 Å². The van der Waals surface area contributed by atoms with Gasteiger partial charge in [-0.3, -0.25) is 4.99 Å². The third-order valence-corrected chi connectivity index (χ3v) is 4.39. The van der Waals surface area contributed by atoms with E-state index in [9.17, 15) is 4.79 Å². The number of nitrogens with one attached hydrogen (secondary N) is 1. The predicted octanol–water partition coefficient (Wildman–Crippen LogP) is 3.38. The van der Waals surface area contributed by atoms with E-state index in [1.807, 2.05) is 43.5 Å². The molecule has 1 aromatic carbocycles. The first-order valence-electron chi connectivity index (χ1n) is 7.78. The van der Waals surface area contributed by atoms with E-state index in [2.05, 4.69) is 10.3 Å². The number of esters is 1. The maximum Gasteiger partial charge on any atom is 0.338 e. The van der Waals surface area contributed by atoms with Crippen molar-refractivity contribution < 1.29 is 9.53 Å². The number of benzene rings is 1. The van der Waals surface area contributed by atoms with Crippen LogP contribution in [-0.2, 0) is 9.53 Å². The third kappa shape index (κ3) is 3.23. The van der Waals surface area contributed by atoms with E-state index >= 15 is 0 Å². The Morgan fingerprint density at radius 2 is 2.04 bits per heavy atom. The fourth-order valence-electron chi connectivity index (χ4n) is 2.60. The van der Waals surface area contributed by atoms with Crippen molar-refractivity contribution in [2.45, 2.75) is 26.8 Å². The minimum Gasteiger partial charge on any atom is -0.463 e. The summed E-state index contributed by atoms with van der Waals surface area (Å²) >= 11 is 1.51. The summed E-state index contributed by atoms with van der Waals surface area (Å²) in [5, 5.41) is 5.12. The van der Waals surface area contributed by atoms with Crippen LogP contribution < -0.4 is 5.32 Å². The van der Waals surface area contributed by atoms with Crippen LogP contribution in [0.25, 0.3) is 0 Å². The Labute approximate surface area is 145 Å². The second-order valence-electron chi connectivity index (χ2n) is 5.55. The smallest absolute Gasteiger partial charge is 0.338 e. The average molecular weight is 341 g/mol. The molecular weight excluding hydrogens is 322 g/mol. The molecule has 0 saturated carbocycles. The Morgan fingerprint density at radius 3 is 2.67 bits per heavy atom. The van der Waals surface area contributed by atoms with Crippen molar-refractivity contribution in [3.05, 3.63) is 63.2 Å². The van der Waals surface area contributed by atoms with Gasteiger partial charge in [0.05, 0.1) is 17.7 Å². The van der Waals surface area contributed by atoms with E-state index in [1.54, 1.807) is 12.4 Å². The number of hydrogen-bond donors (Lipinski definition) is 1. The van der Waals surface area contributed by atoms with Gasteiger partial charge in [-0.2, -0.15) is 0 Å². The topological polar surface area (TPSA) is 63.6 Å². The lowest BCUT2D eigenvalue weighted by Crippen LogP contribution is -2.33. The Hall–Kier alpha value is -2.47. The highest BCUT2D eigenvalue weighted by Crippen LogP contribution is 2.32. The third-order valence-electron chi connectivity index (χ3n) is 3.80. The number of ether oxygens (including phenoxy) is 1. The van der Waals surface area contributed by atoms with Gasteiger partial charge in [0, 0.05) is 11.1 Å². The fourth-order valence-corrected chi connectivity index (χ4v) is 3.14. The van der Waals surface area contributed by atoms with Crippen LogP contribution in [0.15, 0.2) is 51.4 Å². The lowest BCUT2D eigenvalue weighted by Gasteiger charge is -2.25. The molecule has 0 saturated heterocycles. The first kappa shape index (κ1) is 16.4. The molecule has 0 spiro atoms. The SMILES string of the molecule is CCOC(=O)C1=C(C)NC(c2cscn2)=NC1c1ccc(C)cc1. The first-order valence-corrected chi connectivity index (χ1v) is 8.72. The van der Waals surface area contributed by atoms with Crippen molar-refractivity contribution in [3.8, 4) is 0 Å². The largest absolute Gasteiger partial charge is 0.463 e. The van der Waals surface area contributed by atoms with Crippen molar-refractivity contribution >= 4 is 23.1 Å². The van der Waals surface area contributed by atoms with Crippen LogP contribution in [0.4, 0.5) is 0 Å². The number of thiazole rings is 1. The number of nitrogens with zero attached hydrogens (tertiary/aromatic N) is 2. The standard InChI is InChI=1S/C18H19N3O2S/c1-4-23-18(22)15-12(3)20-17(14-9-24-10-19-14)21-16(15)13-7-5-11(2)6-8-13/h5-10,16H,4H2,1-3H3,(H,20,21). The number of carbonyl (C=O) groups is 1. The highest BCUT2D eigenvalue weighted by atomic mass is 32.1. The molecule has 1 aliphatic rings. The summed E-state index contributed by atoms with van der Waals surface area (Å²) in [6.07, 6.45) is 0. The summed E-state index contributed by atoms with van der Waals surface area (Å²) < 4.78 is 5.23. The number of allylic oxidation sites excluding steroid dienone is 1. The number of rotatable bonds is 4.